The van der Waals surface area contributed by atoms with E-state index in [1.165, 1.54) is 18.3 Å². The van der Waals surface area contributed by atoms with Crippen LogP contribution in [-0.4, -0.2) is 17.2 Å². The van der Waals surface area contributed by atoms with E-state index in [9.17, 15) is 14.9 Å². The second-order valence-electron chi connectivity index (χ2n) is 5.77. The third kappa shape index (κ3) is 4.54. The zero-order valence-electron chi connectivity index (χ0n) is 14.7. The number of hydrazone groups is 1. The standard InChI is InChI=1S/C19H15ClN4O4/c1-12-9-17(24(26)27)15(10-16(12)20)18-8-7-14(28-18)11-21-23-19(25)22-13-5-3-2-4-6-13/h2-11H,1H3,(H2,22,23,25)/b21-11-. The highest BCUT2D eigenvalue weighted by Gasteiger charge is 2.20. The number of nitro benzene ring substituents is 1. The molecule has 0 aliphatic rings. The van der Waals surface area contributed by atoms with E-state index in [1.807, 2.05) is 6.07 Å². The van der Waals surface area contributed by atoms with Gasteiger partial charge >= 0.3 is 6.03 Å². The van der Waals surface area contributed by atoms with Crippen LogP contribution in [0.2, 0.25) is 5.02 Å². The molecule has 2 amide bonds. The minimum atomic E-state index is -0.518. The number of benzene rings is 2. The molecule has 3 aromatic rings. The zero-order chi connectivity index (χ0) is 20.1. The first-order valence-electron chi connectivity index (χ1n) is 8.14. The normalized spacial score (nSPS) is 10.8. The van der Waals surface area contributed by atoms with Crippen molar-refractivity contribution < 1.29 is 14.1 Å². The number of anilines is 1. The molecule has 0 radical (unpaired) electrons. The van der Waals surface area contributed by atoms with Gasteiger partial charge in [-0.3, -0.25) is 10.1 Å². The molecular weight excluding hydrogens is 384 g/mol. The van der Waals surface area contributed by atoms with Gasteiger partial charge in [0.25, 0.3) is 5.69 Å². The Morgan fingerprint density at radius 1 is 1.21 bits per heavy atom. The maximum absolute atomic E-state index is 11.8. The Bertz CT molecular complexity index is 1050. The molecule has 2 N–H and O–H groups in total. The van der Waals surface area contributed by atoms with E-state index >= 15 is 0 Å². The van der Waals surface area contributed by atoms with Crippen LogP contribution in [0.3, 0.4) is 0 Å². The molecule has 8 nitrogen and oxygen atoms in total. The molecule has 2 aromatic carbocycles. The van der Waals surface area contributed by atoms with Gasteiger partial charge < -0.3 is 9.73 Å². The fourth-order valence-electron chi connectivity index (χ4n) is 2.42. The van der Waals surface area contributed by atoms with Crippen LogP contribution in [-0.2, 0) is 0 Å². The van der Waals surface area contributed by atoms with Gasteiger partial charge in [0.2, 0.25) is 0 Å². The number of nitrogens with one attached hydrogen (secondary N) is 2. The number of urea groups is 1. The highest BCUT2D eigenvalue weighted by atomic mass is 35.5. The first-order chi connectivity index (χ1) is 13.4. The van der Waals surface area contributed by atoms with Crippen molar-refractivity contribution in [1.82, 2.24) is 5.43 Å². The molecule has 0 spiro atoms. The van der Waals surface area contributed by atoms with Crippen molar-refractivity contribution >= 4 is 35.2 Å². The van der Waals surface area contributed by atoms with Gasteiger partial charge in [-0.05, 0) is 42.8 Å². The maximum Gasteiger partial charge on any atom is 0.339 e. The number of carbonyl (C=O) groups excluding carboxylic acids is 1. The Morgan fingerprint density at radius 3 is 2.68 bits per heavy atom. The van der Waals surface area contributed by atoms with E-state index in [1.54, 1.807) is 43.3 Å². The quantitative estimate of drug-likeness (QED) is 0.359. The Kier molecular flexibility index (Phi) is 5.71. The summed E-state index contributed by atoms with van der Waals surface area (Å²) in [6, 6.07) is 14.4. The molecule has 0 saturated carbocycles. The number of rotatable bonds is 5. The van der Waals surface area contributed by atoms with Crippen LogP contribution < -0.4 is 10.7 Å². The molecule has 0 unspecified atom stereocenters. The number of amides is 2. The van der Waals surface area contributed by atoms with Gasteiger partial charge in [-0.25, -0.2) is 10.2 Å². The van der Waals surface area contributed by atoms with Crippen molar-refractivity contribution in [2.24, 2.45) is 5.10 Å². The summed E-state index contributed by atoms with van der Waals surface area (Å²) in [6.45, 7) is 1.69. The van der Waals surface area contributed by atoms with E-state index < -0.39 is 11.0 Å². The number of furan rings is 1. The number of nitrogens with zero attached hydrogens (tertiary/aromatic N) is 2. The topological polar surface area (TPSA) is 110 Å². The van der Waals surface area contributed by atoms with Gasteiger partial charge in [-0.2, -0.15) is 5.10 Å². The zero-order valence-corrected chi connectivity index (χ0v) is 15.4. The van der Waals surface area contributed by atoms with Crippen LogP contribution in [0, 0.1) is 17.0 Å². The highest BCUT2D eigenvalue weighted by molar-refractivity contribution is 6.31. The van der Waals surface area contributed by atoms with E-state index in [0.717, 1.165) is 0 Å². The summed E-state index contributed by atoms with van der Waals surface area (Å²) < 4.78 is 5.57. The fraction of sp³-hybridized carbons (Fsp3) is 0.0526. The number of carbonyl (C=O) groups is 1. The molecule has 28 heavy (non-hydrogen) atoms. The Hall–Kier alpha value is -3.65. The molecule has 0 atom stereocenters. The smallest absolute Gasteiger partial charge is 0.339 e. The van der Waals surface area contributed by atoms with Crippen molar-refractivity contribution in [3.8, 4) is 11.3 Å². The van der Waals surface area contributed by atoms with Crippen LogP contribution in [0.4, 0.5) is 16.2 Å². The van der Waals surface area contributed by atoms with Gasteiger partial charge in [-0.1, -0.05) is 29.8 Å². The van der Waals surface area contributed by atoms with Crippen LogP contribution in [0.5, 0.6) is 0 Å². The van der Waals surface area contributed by atoms with Crippen molar-refractivity contribution in [2.45, 2.75) is 6.92 Å². The van der Waals surface area contributed by atoms with Crippen LogP contribution in [0.25, 0.3) is 11.3 Å². The van der Waals surface area contributed by atoms with Crippen molar-refractivity contribution in [1.29, 1.82) is 0 Å². The van der Waals surface area contributed by atoms with E-state index in [4.69, 9.17) is 16.0 Å². The summed E-state index contributed by atoms with van der Waals surface area (Å²) in [5.74, 6) is 0.574. The third-order valence-corrected chi connectivity index (χ3v) is 4.16. The molecule has 0 aliphatic carbocycles. The lowest BCUT2D eigenvalue weighted by Crippen LogP contribution is -2.24. The van der Waals surface area contributed by atoms with Gasteiger partial charge in [-0.15, -0.1) is 0 Å². The second kappa shape index (κ2) is 8.36. The molecule has 3 rings (SSSR count). The minimum Gasteiger partial charge on any atom is -0.455 e. The first kappa shape index (κ1) is 19.1. The number of hydrogen-bond donors (Lipinski definition) is 2. The number of nitro groups is 1. The lowest BCUT2D eigenvalue weighted by molar-refractivity contribution is -0.384. The number of hydrogen-bond acceptors (Lipinski definition) is 5. The number of aryl methyl sites for hydroxylation is 1. The molecule has 1 heterocycles. The Labute approximate surface area is 165 Å². The van der Waals surface area contributed by atoms with Crippen LogP contribution >= 0.6 is 11.6 Å². The molecule has 0 bridgehead atoms. The summed E-state index contributed by atoms with van der Waals surface area (Å²) >= 11 is 6.09. The Balaban J connectivity index is 1.71. The second-order valence-corrected chi connectivity index (χ2v) is 6.18. The van der Waals surface area contributed by atoms with Gasteiger partial charge in [0.05, 0.1) is 16.7 Å². The molecular formula is C19H15ClN4O4. The SMILES string of the molecule is Cc1cc([N+](=O)[O-])c(-c2ccc(/C=N\NC(=O)Nc3ccccc3)o2)cc1Cl. The molecule has 1 aromatic heterocycles. The van der Waals surface area contributed by atoms with Gasteiger partial charge in [0.15, 0.2) is 0 Å². The van der Waals surface area contributed by atoms with Crippen molar-refractivity contribution in [3.05, 3.63) is 81.1 Å². The summed E-state index contributed by atoms with van der Waals surface area (Å²) in [7, 11) is 0. The predicted octanol–water partition coefficient (Wildman–Crippen LogP) is 4.97. The molecule has 0 saturated heterocycles. The average molecular weight is 399 g/mol. The third-order valence-electron chi connectivity index (χ3n) is 3.76. The lowest BCUT2D eigenvalue weighted by atomic mass is 10.1. The van der Waals surface area contributed by atoms with Crippen LogP contribution in [0.15, 0.2) is 64.1 Å². The van der Waals surface area contributed by atoms with Gasteiger partial charge in [0, 0.05) is 16.8 Å². The first-order valence-corrected chi connectivity index (χ1v) is 8.51. The van der Waals surface area contributed by atoms with Gasteiger partial charge in [0.1, 0.15) is 11.5 Å². The largest absolute Gasteiger partial charge is 0.455 e. The Morgan fingerprint density at radius 2 is 1.96 bits per heavy atom. The lowest BCUT2D eigenvalue weighted by Gasteiger charge is -2.03. The molecule has 142 valence electrons. The maximum atomic E-state index is 11.8. The van der Waals surface area contributed by atoms with Crippen molar-refractivity contribution in [3.63, 3.8) is 0 Å². The van der Waals surface area contributed by atoms with E-state index in [0.29, 0.717) is 22.0 Å². The summed E-state index contributed by atoms with van der Waals surface area (Å²) in [5, 5.41) is 18.1. The van der Waals surface area contributed by atoms with E-state index in [2.05, 4.69) is 15.8 Å². The summed E-state index contributed by atoms with van der Waals surface area (Å²) in [4.78, 5) is 22.6. The van der Waals surface area contributed by atoms with E-state index in [-0.39, 0.29) is 17.0 Å². The fourth-order valence-corrected chi connectivity index (χ4v) is 2.58. The summed E-state index contributed by atoms with van der Waals surface area (Å²) in [5.41, 5.74) is 3.67. The van der Waals surface area contributed by atoms with Crippen molar-refractivity contribution in [2.75, 3.05) is 5.32 Å². The molecule has 9 heteroatoms. The predicted molar refractivity (Wildman–Crippen MR) is 107 cm³/mol. The number of para-hydroxylation sites is 1. The minimum absolute atomic E-state index is 0.111. The van der Waals surface area contributed by atoms with Crippen LogP contribution in [0.1, 0.15) is 11.3 Å². The molecule has 0 fully saturated rings. The average Bonchev–Trinajstić information content (AvgIpc) is 3.13. The monoisotopic (exact) mass is 398 g/mol. The highest BCUT2D eigenvalue weighted by Crippen LogP contribution is 2.35. The molecule has 0 aliphatic heterocycles. The summed E-state index contributed by atoms with van der Waals surface area (Å²) in [6.07, 6.45) is 1.29. The number of halogens is 1.